The molecule has 0 saturated carbocycles. The quantitative estimate of drug-likeness (QED) is 0.179. The van der Waals surface area contributed by atoms with Crippen molar-refractivity contribution in [2.75, 3.05) is 0 Å². The average Bonchev–Trinajstić information content (AvgIpc) is 3.85. The maximum atomic E-state index is 6.86. The Balaban J connectivity index is 1.04. The lowest BCUT2D eigenvalue weighted by Crippen LogP contribution is -2.00. The predicted octanol–water partition coefficient (Wildman–Crippen LogP) is 14.5. The van der Waals surface area contributed by atoms with Crippen molar-refractivity contribution in [3.05, 3.63) is 194 Å². The van der Waals surface area contributed by atoms with Crippen molar-refractivity contribution in [1.29, 1.82) is 0 Å². The highest BCUT2D eigenvalue weighted by atomic mass is 16.3. The second-order valence-electron chi connectivity index (χ2n) is 15.6. The van der Waals surface area contributed by atoms with Crippen LogP contribution in [-0.4, -0.2) is 19.5 Å². The van der Waals surface area contributed by atoms with E-state index < -0.39 is 0 Å². The molecule has 13 aromatic rings. The minimum absolute atomic E-state index is 0.561. The predicted molar refractivity (Wildman–Crippen MR) is 248 cm³/mol. The Labute approximate surface area is 343 Å². The molecule has 0 amide bonds. The molecular formula is C55H32N4O. The molecule has 0 aliphatic heterocycles. The highest BCUT2D eigenvalue weighted by molar-refractivity contribution is 6.21. The molecule has 0 N–H and O–H groups in total. The van der Waals surface area contributed by atoms with Gasteiger partial charge in [-0.05, 0) is 97.7 Å². The van der Waals surface area contributed by atoms with E-state index in [1.807, 2.05) is 30.3 Å². The van der Waals surface area contributed by atoms with Gasteiger partial charge in [0.1, 0.15) is 11.2 Å². The van der Waals surface area contributed by atoms with Crippen LogP contribution in [0.2, 0.25) is 0 Å². The summed E-state index contributed by atoms with van der Waals surface area (Å²) < 4.78 is 9.29. The van der Waals surface area contributed by atoms with Crippen LogP contribution in [0.25, 0.3) is 127 Å². The number of fused-ring (bicyclic) bond motifs is 11. The SMILES string of the molecule is c1ccc(-c2nc(-c3ccc4ccccc4c3)nc(-c3cccc4c3oc3ccc5ccc(-n6c7cc8ccccc8cc7c7cc8ccccc8cc76)cc5c34)n2)cc1. The molecule has 0 radical (unpaired) electrons. The molecule has 10 aromatic carbocycles. The molecule has 60 heavy (non-hydrogen) atoms. The molecule has 0 aliphatic carbocycles. The summed E-state index contributed by atoms with van der Waals surface area (Å²) >= 11 is 0. The Hall–Kier alpha value is -8.15. The van der Waals surface area contributed by atoms with Crippen LogP contribution >= 0.6 is 0 Å². The van der Waals surface area contributed by atoms with Gasteiger partial charge in [-0.2, -0.15) is 0 Å². The summed E-state index contributed by atoms with van der Waals surface area (Å²) in [6.45, 7) is 0. The fourth-order valence-electron chi connectivity index (χ4n) is 9.26. The van der Waals surface area contributed by atoms with Gasteiger partial charge in [0.25, 0.3) is 0 Å². The standard InChI is InChI=1S/C55H32N4O/c1-2-12-35(13-3-1)53-56-54(41-22-21-33-11-4-5-14-36(33)27-41)58-55(57-53)44-20-10-19-43-51-45-32-42(25-23-34(45)24-26-50(51)60-52(43)44)59-48-30-39-17-8-6-15-37(39)28-46(48)47-29-38-16-7-9-18-40(38)31-49(47)59/h1-32H. The number of aromatic nitrogens is 4. The molecule has 3 aromatic heterocycles. The van der Waals surface area contributed by atoms with Crippen molar-refractivity contribution in [3.63, 3.8) is 0 Å². The van der Waals surface area contributed by atoms with Crippen molar-refractivity contribution < 1.29 is 4.42 Å². The second-order valence-corrected chi connectivity index (χ2v) is 15.6. The Morgan fingerprint density at radius 3 is 1.62 bits per heavy atom. The van der Waals surface area contributed by atoms with Gasteiger partial charge in [0.05, 0.1) is 16.6 Å². The van der Waals surface area contributed by atoms with E-state index in [4.69, 9.17) is 19.4 Å². The summed E-state index contributed by atoms with van der Waals surface area (Å²) in [5.41, 5.74) is 7.67. The van der Waals surface area contributed by atoms with Gasteiger partial charge < -0.3 is 8.98 Å². The van der Waals surface area contributed by atoms with E-state index in [1.54, 1.807) is 0 Å². The molecule has 0 atom stereocenters. The minimum atomic E-state index is 0.561. The fourth-order valence-corrected chi connectivity index (χ4v) is 9.26. The molecule has 0 aliphatic rings. The maximum absolute atomic E-state index is 6.86. The van der Waals surface area contributed by atoms with E-state index in [0.29, 0.717) is 17.5 Å². The van der Waals surface area contributed by atoms with Crippen molar-refractivity contribution in [3.8, 4) is 39.9 Å². The molecule has 0 fully saturated rings. The van der Waals surface area contributed by atoms with Gasteiger partial charge in [-0.25, -0.2) is 15.0 Å². The van der Waals surface area contributed by atoms with Crippen LogP contribution in [0.5, 0.6) is 0 Å². The van der Waals surface area contributed by atoms with Gasteiger partial charge in [-0.1, -0.05) is 140 Å². The molecule has 3 heterocycles. The Morgan fingerprint density at radius 2 is 0.917 bits per heavy atom. The van der Waals surface area contributed by atoms with Crippen molar-refractivity contribution in [2.45, 2.75) is 0 Å². The summed E-state index contributed by atoms with van der Waals surface area (Å²) in [6, 6.07) is 68.8. The number of para-hydroxylation sites is 1. The topological polar surface area (TPSA) is 56.7 Å². The van der Waals surface area contributed by atoms with Crippen LogP contribution in [0, 0.1) is 0 Å². The lowest BCUT2D eigenvalue weighted by atomic mass is 10.0. The first-order chi connectivity index (χ1) is 29.7. The summed E-state index contributed by atoms with van der Waals surface area (Å²) in [4.78, 5) is 15.3. The van der Waals surface area contributed by atoms with Gasteiger partial charge in [0.2, 0.25) is 0 Å². The summed E-state index contributed by atoms with van der Waals surface area (Å²) in [5.74, 6) is 1.78. The van der Waals surface area contributed by atoms with E-state index in [1.165, 1.54) is 48.7 Å². The third-order valence-electron chi connectivity index (χ3n) is 12.1. The molecule has 5 nitrogen and oxygen atoms in total. The van der Waals surface area contributed by atoms with E-state index in [9.17, 15) is 0 Å². The molecule has 13 rings (SSSR count). The zero-order valence-corrected chi connectivity index (χ0v) is 32.2. The molecule has 0 bridgehead atoms. The first-order valence-corrected chi connectivity index (χ1v) is 20.3. The molecule has 0 spiro atoms. The van der Waals surface area contributed by atoms with Gasteiger partial charge in [-0.3, -0.25) is 0 Å². The Kier molecular flexibility index (Phi) is 6.95. The van der Waals surface area contributed by atoms with E-state index in [-0.39, 0.29) is 0 Å². The van der Waals surface area contributed by atoms with E-state index >= 15 is 0 Å². The molecular weight excluding hydrogens is 733 g/mol. The Morgan fingerprint density at radius 1 is 0.350 bits per heavy atom. The second kappa shape index (κ2) is 12.7. The van der Waals surface area contributed by atoms with Crippen molar-refractivity contribution in [1.82, 2.24) is 19.5 Å². The summed E-state index contributed by atoms with van der Waals surface area (Å²) in [6.07, 6.45) is 0. The average molecular weight is 765 g/mol. The van der Waals surface area contributed by atoms with Crippen LogP contribution in [0.3, 0.4) is 0 Å². The summed E-state index contributed by atoms with van der Waals surface area (Å²) in [5, 5.41) is 14.0. The zero-order valence-electron chi connectivity index (χ0n) is 32.2. The van der Waals surface area contributed by atoms with Crippen LogP contribution in [0.1, 0.15) is 0 Å². The molecule has 0 unspecified atom stereocenters. The fraction of sp³-hybridized carbons (Fsp3) is 0. The molecule has 5 heteroatoms. The lowest BCUT2D eigenvalue weighted by molar-refractivity contribution is 0.670. The first-order valence-electron chi connectivity index (χ1n) is 20.3. The largest absolute Gasteiger partial charge is 0.455 e. The third-order valence-corrected chi connectivity index (χ3v) is 12.1. The first kappa shape index (κ1) is 32.9. The lowest BCUT2D eigenvalue weighted by Gasteiger charge is -2.11. The molecule has 0 saturated heterocycles. The summed E-state index contributed by atoms with van der Waals surface area (Å²) in [7, 11) is 0. The van der Waals surface area contributed by atoms with Crippen LogP contribution in [0.15, 0.2) is 199 Å². The number of benzene rings is 10. The number of hydrogen-bond acceptors (Lipinski definition) is 4. The van der Waals surface area contributed by atoms with Gasteiger partial charge >= 0.3 is 0 Å². The highest BCUT2D eigenvalue weighted by Gasteiger charge is 2.21. The third kappa shape index (κ3) is 5.03. The zero-order chi connectivity index (χ0) is 39.3. The van der Waals surface area contributed by atoms with Gasteiger partial charge in [-0.15, -0.1) is 0 Å². The number of rotatable bonds is 4. The number of hydrogen-bond donors (Lipinski definition) is 0. The van der Waals surface area contributed by atoms with E-state index in [2.05, 4.69) is 168 Å². The Bertz CT molecular complexity index is 3810. The van der Waals surface area contributed by atoms with Crippen LogP contribution in [-0.2, 0) is 0 Å². The van der Waals surface area contributed by atoms with Crippen molar-refractivity contribution >= 4 is 86.8 Å². The maximum Gasteiger partial charge on any atom is 0.167 e. The minimum Gasteiger partial charge on any atom is -0.455 e. The smallest absolute Gasteiger partial charge is 0.167 e. The highest BCUT2D eigenvalue weighted by Crippen LogP contribution is 2.42. The molecule has 278 valence electrons. The van der Waals surface area contributed by atoms with Crippen LogP contribution in [0.4, 0.5) is 0 Å². The monoisotopic (exact) mass is 764 g/mol. The van der Waals surface area contributed by atoms with Crippen LogP contribution < -0.4 is 0 Å². The van der Waals surface area contributed by atoms with Gasteiger partial charge in [0.15, 0.2) is 17.5 Å². The normalized spacial score (nSPS) is 12.0. The van der Waals surface area contributed by atoms with Gasteiger partial charge in [0, 0.05) is 38.4 Å². The van der Waals surface area contributed by atoms with E-state index in [0.717, 1.165) is 60.5 Å². The number of nitrogens with zero attached hydrogens (tertiary/aromatic N) is 4. The van der Waals surface area contributed by atoms with Crippen molar-refractivity contribution in [2.24, 2.45) is 0 Å². The number of furan rings is 1.